The van der Waals surface area contributed by atoms with E-state index >= 15 is 0 Å². The predicted molar refractivity (Wildman–Crippen MR) is 75.4 cm³/mol. The van der Waals surface area contributed by atoms with E-state index in [0.717, 1.165) is 0 Å². The Labute approximate surface area is 134 Å². The molecule has 0 bridgehead atoms. The smallest absolute Gasteiger partial charge is 0.267 e. The Hall–Kier alpha value is -2.29. The number of hydrogen-bond donors (Lipinski definition) is 1. The first kappa shape index (κ1) is 17.1. The zero-order chi connectivity index (χ0) is 17.1. The topological polar surface area (TPSA) is 41.5 Å². The normalized spacial score (nSPS) is 11.0. The van der Waals surface area contributed by atoms with Crippen molar-refractivity contribution < 1.29 is 26.7 Å². The van der Waals surface area contributed by atoms with Gasteiger partial charge in [0.25, 0.3) is 5.91 Å². The van der Waals surface area contributed by atoms with E-state index in [4.69, 9.17) is 0 Å². The molecule has 120 valence electrons. The molecule has 0 radical (unpaired) electrons. The number of rotatable bonds is 3. The van der Waals surface area contributed by atoms with Crippen molar-refractivity contribution in [2.24, 2.45) is 5.10 Å². The number of hydrogen-bond acceptors (Lipinski definition) is 2. The van der Waals surface area contributed by atoms with E-state index in [0.29, 0.717) is 10.7 Å². The van der Waals surface area contributed by atoms with Crippen molar-refractivity contribution in [3.8, 4) is 0 Å². The number of nitrogens with one attached hydrogen (secondary N) is 1. The molecule has 3 nitrogen and oxygen atoms in total. The van der Waals surface area contributed by atoms with Gasteiger partial charge >= 0.3 is 0 Å². The van der Waals surface area contributed by atoms with Crippen LogP contribution in [-0.2, 0) is 0 Å². The van der Waals surface area contributed by atoms with E-state index in [1.165, 1.54) is 6.07 Å². The number of hydrazone groups is 1. The highest BCUT2D eigenvalue weighted by molar-refractivity contribution is 9.10. The summed E-state index contributed by atoms with van der Waals surface area (Å²) in [7, 11) is 0. The number of benzene rings is 2. The zero-order valence-corrected chi connectivity index (χ0v) is 12.6. The Balaban J connectivity index is 2.25. The monoisotopic (exact) mass is 392 g/mol. The zero-order valence-electron chi connectivity index (χ0n) is 11.0. The van der Waals surface area contributed by atoms with E-state index in [2.05, 4.69) is 21.0 Å². The Kier molecular flexibility index (Phi) is 5.09. The van der Waals surface area contributed by atoms with E-state index in [9.17, 15) is 26.7 Å². The Morgan fingerprint density at radius 3 is 2.04 bits per heavy atom. The van der Waals surface area contributed by atoms with E-state index in [1.807, 2.05) is 5.43 Å². The summed E-state index contributed by atoms with van der Waals surface area (Å²) in [5.74, 6) is -11.3. The first-order valence-electron chi connectivity index (χ1n) is 5.94. The summed E-state index contributed by atoms with van der Waals surface area (Å²) < 4.78 is 66.0. The van der Waals surface area contributed by atoms with Crippen LogP contribution in [0.4, 0.5) is 22.0 Å². The van der Waals surface area contributed by atoms with Crippen molar-refractivity contribution in [1.29, 1.82) is 0 Å². The molecular formula is C14H6BrF5N2O. The summed E-state index contributed by atoms with van der Waals surface area (Å²) >= 11 is 3.11. The van der Waals surface area contributed by atoms with Crippen LogP contribution >= 0.6 is 15.9 Å². The van der Waals surface area contributed by atoms with Gasteiger partial charge in [-0.2, -0.15) is 5.10 Å². The molecule has 0 unspecified atom stereocenters. The summed E-state index contributed by atoms with van der Waals surface area (Å²) in [6, 6.07) is 6.22. The van der Waals surface area contributed by atoms with Crippen LogP contribution < -0.4 is 5.43 Å². The lowest BCUT2D eigenvalue weighted by molar-refractivity contribution is 0.0954. The van der Waals surface area contributed by atoms with Crippen molar-refractivity contribution in [1.82, 2.24) is 5.43 Å². The van der Waals surface area contributed by atoms with Crippen LogP contribution in [0.25, 0.3) is 0 Å². The van der Waals surface area contributed by atoms with Gasteiger partial charge in [0.05, 0.1) is 17.3 Å². The molecule has 1 N–H and O–H groups in total. The molecule has 1 amide bonds. The van der Waals surface area contributed by atoms with Crippen molar-refractivity contribution in [2.45, 2.75) is 0 Å². The third-order valence-electron chi connectivity index (χ3n) is 2.72. The summed E-state index contributed by atoms with van der Waals surface area (Å²) in [5.41, 5.74) is 0.838. The van der Waals surface area contributed by atoms with Crippen LogP contribution in [0, 0.1) is 29.1 Å². The largest absolute Gasteiger partial charge is 0.272 e. The highest BCUT2D eigenvalue weighted by Crippen LogP contribution is 2.21. The quantitative estimate of drug-likeness (QED) is 0.278. The maximum absolute atomic E-state index is 13.4. The van der Waals surface area contributed by atoms with Gasteiger partial charge in [0.1, 0.15) is 0 Å². The summed E-state index contributed by atoms with van der Waals surface area (Å²) in [4.78, 5) is 11.8. The molecule has 0 aromatic heterocycles. The van der Waals surface area contributed by atoms with Crippen LogP contribution in [0.15, 0.2) is 33.8 Å². The molecule has 2 aromatic carbocycles. The molecule has 0 fully saturated rings. The van der Waals surface area contributed by atoms with Crippen molar-refractivity contribution in [3.63, 3.8) is 0 Å². The van der Waals surface area contributed by atoms with Crippen LogP contribution in [0.3, 0.4) is 0 Å². The molecular weight excluding hydrogens is 387 g/mol. The molecule has 23 heavy (non-hydrogen) atoms. The van der Waals surface area contributed by atoms with E-state index < -0.39 is 40.6 Å². The highest BCUT2D eigenvalue weighted by Gasteiger charge is 2.24. The number of amides is 1. The second kappa shape index (κ2) is 6.86. The second-order valence-corrected chi connectivity index (χ2v) is 5.02. The average molecular weight is 393 g/mol. The first-order valence-corrected chi connectivity index (χ1v) is 6.73. The summed E-state index contributed by atoms with van der Waals surface area (Å²) in [6.45, 7) is 0. The van der Waals surface area contributed by atoms with Gasteiger partial charge in [-0.15, -0.1) is 0 Å². The second-order valence-electron chi connectivity index (χ2n) is 4.16. The SMILES string of the molecule is O=C(NN=Cc1c(F)c(F)c(F)c(F)c1F)c1ccccc1Br. The summed E-state index contributed by atoms with van der Waals surface area (Å²) in [5, 5.41) is 3.21. The molecule has 0 saturated heterocycles. The van der Waals surface area contributed by atoms with Gasteiger partial charge in [0, 0.05) is 4.47 Å². The number of halogens is 6. The van der Waals surface area contributed by atoms with Crippen molar-refractivity contribution in [3.05, 3.63) is 69.0 Å². The van der Waals surface area contributed by atoms with Crippen molar-refractivity contribution >= 4 is 28.1 Å². The Morgan fingerprint density at radius 1 is 0.957 bits per heavy atom. The molecule has 0 spiro atoms. The van der Waals surface area contributed by atoms with Crippen LogP contribution in [0.2, 0.25) is 0 Å². The van der Waals surface area contributed by atoms with Crippen molar-refractivity contribution in [2.75, 3.05) is 0 Å². The minimum atomic E-state index is -2.27. The highest BCUT2D eigenvalue weighted by atomic mass is 79.9. The lowest BCUT2D eigenvalue weighted by Crippen LogP contribution is -2.18. The van der Waals surface area contributed by atoms with Gasteiger partial charge in [0.15, 0.2) is 23.3 Å². The van der Waals surface area contributed by atoms with Gasteiger partial charge in [0.2, 0.25) is 5.82 Å². The third kappa shape index (κ3) is 3.39. The first-order chi connectivity index (χ1) is 10.8. The van der Waals surface area contributed by atoms with E-state index in [-0.39, 0.29) is 5.56 Å². The van der Waals surface area contributed by atoms with Gasteiger partial charge < -0.3 is 0 Å². The molecule has 0 aliphatic heterocycles. The molecule has 0 aliphatic carbocycles. The average Bonchev–Trinajstić information content (AvgIpc) is 2.54. The molecule has 0 atom stereocenters. The molecule has 9 heteroatoms. The molecule has 0 aliphatic rings. The van der Waals surface area contributed by atoms with Crippen LogP contribution in [0.5, 0.6) is 0 Å². The fourth-order valence-electron chi connectivity index (χ4n) is 1.60. The molecule has 0 heterocycles. The lowest BCUT2D eigenvalue weighted by atomic mass is 10.2. The molecule has 0 saturated carbocycles. The maximum Gasteiger partial charge on any atom is 0.272 e. The number of carbonyl (C=O) groups excluding carboxylic acids is 1. The van der Waals surface area contributed by atoms with E-state index in [1.54, 1.807) is 18.2 Å². The van der Waals surface area contributed by atoms with Crippen LogP contribution in [-0.4, -0.2) is 12.1 Å². The fourth-order valence-corrected chi connectivity index (χ4v) is 2.06. The van der Waals surface area contributed by atoms with Gasteiger partial charge in [-0.05, 0) is 28.1 Å². The van der Waals surface area contributed by atoms with Gasteiger partial charge in [-0.1, -0.05) is 12.1 Å². The summed E-state index contributed by atoms with van der Waals surface area (Å²) in [6.07, 6.45) is 0.338. The number of carbonyl (C=O) groups is 1. The maximum atomic E-state index is 13.4. The van der Waals surface area contributed by atoms with Gasteiger partial charge in [-0.3, -0.25) is 4.79 Å². The standard InChI is InChI=1S/C14H6BrF5N2O/c15-8-4-2-1-3-6(8)14(23)22-21-5-7-9(16)11(18)13(20)12(19)10(7)17/h1-5H,(H,22,23). The Morgan fingerprint density at radius 2 is 1.48 bits per heavy atom. The van der Waals surface area contributed by atoms with Crippen LogP contribution in [0.1, 0.15) is 15.9 Å². The Bertz CT molecular complexity index is 781. The molecule has 2 aromatic rings. The van der Waals surface area contributed by atoms with Gasteiger partial charge in [-0.25, -0.2) is 27.4 Å². The third-order valence-corrected chi connectivity index (χ3v) is 3.41. The minimum Gasteiger partial charge on any atom is -0.267 e. The predicted octanol–water partition coefficient (Wildman–Crippen LogP) is 3.91. The minimum absolute atomic E-state index is 0.169. The number of nitrogens with zero attached hydrogens (tertiary/aromatic N) is 1. The molecule has 2 rings (SSSR count). The fraction of sp³-hybridized carbons (Fsp3) is 0. The lowest BCUT2D eigenvalue weighted by Gasteiger charge is -2.04.